The molecule has 0 amide bonds. The molecule has 6 heteroatoms. The van der Waals surface area contributed by atoms with Gasteiger partial charge in [0.2, 0.25) is 0 Å². The van der Waals surface area contributed by atoms with Gasteiger partial charge in [-0.2, -0.15) is 0 Å². The summed E-state index contributed by atoms with van der Waals surface area (Å²) in [5.41, 5.74) is 0.662. The second-order valence-corrected chi connectivity index (χ2v) is 5.57. The predicted molar refractivity (Wildman–Crippen MR) is 78.9 cm³/mol. The van der Waals surface area contributed by atoms with Crippen LogP contribution < -0.4 is 10.8 Å². The Labute approximate surface area is 120 Å². The minimum Gasteiger partial charge on any atom is -0.399 e. The van der Waals surface area contributed by atoms with Crippen LogP contribution in [0.3, 0.4) is 0 Å². The lowest BCUT2D eigenvalue weighted by Crippen LogP contribution is -2.41. The van der Waals surface area contributed by atoms with E-state index in [4.69, 9.17) is 9.31 Å². The van der Waals surface area contributed by atoms with Gasteiger partial charge in [0.05, 0.1) is 11.2 Å². The van der Waals surface area contributed by atoms with Crippen molar-refractivity contribution in [3.63, 3.8) is 0 Å². The Kier molecular flexibility index (Phi) is 4.55. The molecule has 1 aliphatic heterocycles. The van der Waals surface area contributed by atoms with E-state index in [1.807, 2.05) is 27.7 Å². The Morgan fingerprint density at radius 3 is 2.11 bits per heavy atom. The summed E-state index contributed by atoms with van der Waals surface area (Å²) >= 11 is 0. The van der Waals surface area contributed by atoms with Crippen molar-refractivity contribution in [3.8, 4) is 0 Å². The van der Waals surface area contributed by atoms with Crippen molar-refractivity contribution in [3.05, 3.63) is 24.0 Å². The van der Waals surface area contributed by atoms with Crippen molar-refractivity contribution < 1.29 is 13.7 Å². The van der Waals surface area contributed by atoms with E-state index in [1.165, 1.54) is 12.1 Å². The molecular formula is C13H20BClFNO2. The SMILES string of the molecule is CNc1ccc(F)cc1B1OC(C)(C)C(C)(C)O1.Cl. The molecule has 3 nitrogen and oxygen atoms in total. The van der Waals surface area contributed by atoms with Gasteiger partial charge in [-0.05, 0) is 45.9 Å². The molecule has 2 rings (SSSR count). The highest BCUT2D eigenvalue weighted by Crippen LogP contribution is 2.37. The third-order valence-electron chi connectivity index (χ3n) is 3.79. The van der Waals surface area contributed by atoms with Gasteiger partial charge in [0.25, 0.3) is 0 Å². The Balaban J connectivity index is 0.00000180. The highest BCUT2D eigenvalue weighted by molar-refractivity contribution is 6.63. The summed E-state index contributed by atoms with van der Waals surface area (Å²) in [5, 5.41) is 3.03. The van der Waals surface area contributed by atoms with Crippen molar-refractivity contribution in [1.29, 1.82) is 0 Å². The van der Waals surface area contributed by atoms with Crippen LogP contribution in [0.1, 0.15) is 27.7 Å². The van der Waals surface area contributed by atoms with E-state index < -0.39 is 18.3 Å². The maximum atomic E-state index is 13.4. The Morgan fingerprint density at radius 2 is 1.63 bits per heavy atom. The number of nitrogens with one attached hydrogen (secondary N) is 1. The third kappa shape index (κ3) is 2.88. The second kappa shape index (κ2) is 5.31. The molecule has 0 saturated carbocycles. The lowest BCUT2D eigenvalue weighted by molar-refractivity contribution is 0.00578. The van der Waals surface area contributed by atoms with Crippen molar-refractivity contribution in [2.45, 2.75) is 38.9 Å². The first-order valence-electron chi connectivity index (χ1n) is 6.10. The molecule has 19 heavy (non-hydrogen) atoms. The number of anilines is 1. The van der Waals surface area contributed by atoms with E-state index in [9.17, 15) is 4.39 Å². The molecule has 1 N–H and O–H groups in total. The molecule has 0 aromatic heterocycles. The largest absolute Gasteiger partial charge is 0.497 e. The molecule has 1 aromatic rings. The van der Waals surface area contributed by atoms with E-state index >= 15 is 0 Å². The lowest BCUT2D eigenvalue weighted by Gasteiger charge is -2.32. The average Bonchev–Trinajstić information content (AvgIpc) is 2.48. The van der Waals surface area contributed by atoms with Crippen LogP contribution in [0.2, 0.25) is 0 Å². The van der Waals surface area contributed by atoms with Crippen LogP contribution in [0.4, 0.5) is 10.1 Å². The number of hydrogen-bond donors (Lipinski definition) is 1. The predicted octanol–water partition coefficient (Wildman–Crippen LogP) is 2.59. The van der Waals surface area contributed by atoms with E-state index in [0.717, 1.165) is 5.69 Å². The van der Waals surface area contributed by atoms with Gasteiger partial charge in [0, 0.05) is 18.2 Å². The van der Waals surface area contributed by atoms with E-state index in [1.54, 1.807) is 13.1 Å². The summed E-state index contributed by atoms with van der Waals surface area (Å²) in [5.74, 6) is -0.293. The Morgan fingerprint density at radius 1 is 1.11 bits per heavy atom. The number of halogens is 2. The van der Waals surface area contributed by atoms with Gasteiger partial charge < -0.3 is 14.6 Å². The minimum atomic E-state index is -0.548. The summed E-state index contributed by atoms with van der Waals surface area (Å²) < 4.78 is 25.2. The summed E-state index contributed by atoms with van der Waals surface area (Å²) in [6, 6.07) is 4.56. The fourth-order valence-electron chi connectivity index (χ4n) is 1.93. The summed E-state index contributed by atoms with van der Waals surface area (Å²) in [6.07, 6.45) is 0. The Bertz CT molecular complexity index is 452. The van der Waals surface area contributed by atoms with Gasteiger partial charge in [-0.25, -0.2) is 4.39 Å². The zero-order valence-electron chi connectivity index (χ0n) is 11.9. The van der Waals surface area contributed by atoms with Crippen LogP contribution in [0.15, 0.2) is 18.2 Å². The standard InChI is InChI=1S/C13H19BFNO2.ClH/c1-12(2)13(3,4)18-14(17-12)10-8-9(15)6-7-11(10)16-5;/h6-8,16H,1-5H3;1H. The van der Waals surface area contributed by atoms with Gasteiger partial charge in [-0.1, -0.05) is 0 Å². The number of benzene rings is 1. The van der Waals surface area contributed by atoms with Crippen molar-refractivity contribution in [2.24, 2.45) is 0 Å². The molecular weight excluding hydrogens is 267 g/mol. The fourth-order valence-corrected chi connectivity index (χ4v) is 1.93. The smallest absolute Gasteiger partial charge is 0.399 e. The van der Waals surface area contributed by atoms with Crippen LogP contribution in [-0.2, 0) is 9.31 Å². The highest BCUT2D eigenvalue weighted by Gasteiger charge is 2.52. The summed E-state index contributed by atoms with van der Waals surface area (Å²) in [7, 11) is 1.25. The molecule has 0 aliphatic carbocycles. The first-order valence-corrected chi connectivity index (χ1v) is 6.10. The van der Waals surface area contributed by atoms with E-state index in [2.05, 4.69) is 5.32 Å². The third-order valence-corrected chi connectivity index (χ3v) is 3.79. The fraction of sp³-hybridized carbons (Fsp3) is 0.538. The van der Waals surface area contributed by atoms with Crippen molar-refractivity contribution >= 4 is 30.7 Å². The van der Waals surface area contributed by atoms with E-state index in [-0.39, 0.29) is 18.2 Å². The molecule has 0 bridgehead atoms. The van der Waals surface area contributed by atoms with Gasteiger partial charge in [0.1, 0.15) is 5.82 Å². The van der Waals surface area contributed by atoms with Crippen LogP contribution in [0.25, 0.3) is 0 Å². The molecule has 0 spiro atoms. The van der Waals surface area contributed by atoms with Gasteiger partial charge in [0.15, 0.2) is 0 Å². The normalized spacial score (nSPS) is 20.0. The van der Waals surface area contributed by atoms with Gasteiger partial charge in [-0.3, -0.25) is 0 Å². The van der Waals surface area contributed by atoms with Crippen LogP contribution in [-0.4, -0.2) is 25.4 Å². The van der Waals surface area contributed by atoms with Crippen molar-refractivity contribution in [1.82, 2.24) is 0 Å². The second-order valence-electron chi connectivity index (χ2n) is 5.57. The maximum absolute atomic E-state index is 13.4. The molecule has 106 valence electrons. The van der Waals surface area contributed by atoms with Gasteiger partial charge in [-0.15, -0.1) is 12.4 Å². The average molecular weight is 288 g/mol. The molecule has 1 saturated heterocycles. The van der Waals surface area contributed by atoms with Crippen LogP contribution >= 0.6 is 12.4 Å². The van der Waals surface area contributed by atoms with Crippen molar-refractivity contribution in [2.75, 3.05) is 12.4 Å². The summed E-state index contributed by atoms with van der Waals surface area (Å²) in [6.45, 7) is 7.91. The molecule has 0 atom stereocenters. The minimum absolute atomic E-state index is 0. The molecule has 0 unspecified atom stereocenters. The maximum Gasteiger partial charge on any atom is 0.497 e. The molecule has 1 aromatic carbocycles. The summed E-state index contributed by atoms with van der Waals surface area (Å²) in [4.78, 5) is 0. The van der Waals surface area contributed by atoms with Crippen LogP contribution in [0.5, 0.6) is 0 Å². The number of hydrogen-bond acceptors (Lipinski definition) is 3. The topological polar surface area (TPSA) is 30.5 Å². The Hall–Kier alpha value is -0.775. The zero-order chi connectivity index (χ0) is 13.6. The first kappa shape index (κ1) is 16.3. The zero-order valence-corrected chi connectivity index (χ0v) is 12.7. The monoisotopic (exact) mass is 287 g/mol. The first-order chi connectivity index (χ1) is 8.27. The highest BCUT2D eigenvalue weighted by atomic mass is 35.5. The molecule has 1 fully saturated rings. The molecule has 1 aliphatic rings. The quantitative estimate of drug-likeness (QED) is 0.848. The molecule has 0 radical (unpaired) electrons. The van der Waals surface area contributed by atoms with Crippen LogP contribution in [0, 0.1) is 5.82 Å². The number of rotatable bonds is 2. The molecule has 1 heterocycles. The van der Waals surface area contributed by atoms with E-state index in [0.29, 0.717) is 5.46 Å². The van der Waals surface area contributed by atoms with Gasteiger partial charge >= 0.3 is 7.12 Å². The lowest BCUT2D eigenvalue weighted by atomic mass is 9.77.